The molecule has 0 atom stereocenters. The number of methoxy groups -OCH3 is 2. The Kier molecular flexibility index (Phi) is 2.35. The second kappa shape index (κ2) is 3.42. The van der Waals surface area contributed by atoms with Crippen molar-refractivity contribution in [3.63, 3.8) is 0 Å². The predicted octanol–water partition coefficient (Wildman–Crippen LogP) is 1.99. The predicted molar refractivity (Wildman–Crippen MR) is 57.4 cm³/mol. The molecule has 0 saturated heterocycles. The molecule has 3 heteroatoms. The molecule has 0 heterocycles. The highest BCUT2D eigenvalue weighted by atomic mass is 16.5. The van der Waals surface area contributed by atoms with Crippen molar-refractivity contribution in [1.29, 1.82) is 0 Å². The molecule has 1 aliphatic rings. The van der Waals surface area contributed by atoms with Gasteiger partial charge < -0.3 is 14.6 Å². The molecule has 1 fully saturated rings. The lowest BCUT2D eigenvalue weighted by molar-refractivity contribution is 0.150. The summed E-state index contributed by atoms with van der Waals surface area (Å²) < 4.78 is 10.4. The van der Waals surface area contributed by atoms with Gasteiger partial charge >= 0.3 is 0 Å². The molecule has 0 bridgehead atoms. The fourth-order valence-corrected chi connectivity index (χ4v) is 1.87. The highest BCUT2D eigenvalue weighted by Gasteiger charge is 2.43. The van der Waals surface area contributed by atoms with Gasteiger partial charge in [-0.15, -0.1) is 0 Å². The van der Waals surface area contributed by atoms with Gasteiger partial charge in [-0.25, -0.2) is 0 Å². The van der Waals surface area contributed by atoms with Crippen LogP contribution in [0.4, 0.5) is 0 Å². The molecule has 0 aromatic heterocycles. The topological polar surface area (TPSA) is 38.7 Å². The van der Waals surface area contributed by atoms with Crippen molar-refractivity contribution >= 4 is 0 Å². The first-order chi connectivity index (χ1) is 7.10. The third kappa shape index (κ3) is 1.67. The zero-order valence-corrected chi connectivity index (χ0v) is 9.33. The van der Waals surface area contributed by atoms with E-state index in [1.165, 1.54) is 0 Å². The molecule has 0 amide bonds. The quantitative estimate of drug-likeness (QED) is 0.825. The first-order valence-corrected chi connectivity index (χ1v) is 5.06. The number of ether oxygens (including phenoxy) is 2. The van der Waals surface area contributed by atoms with E-state index in [0.717, 1.165) is 24.0 Å². The maximum absolute atomic E-state index is 10.1. The average Bonchev–Trinajstić information content (AvgIpc) is 2.96. The standard InChI is InChI=1S/C12H16O3/c1-8-6-10(14-2)11(15-3)7-9(8)12(13)4-5-12/h6-7,13H,4-5H2,1-3H3. The van der Waals surface area contributed by atoms with E-state index in [0.29, 0.717) is 11.5 Å². The smallest absolute Gasteiger partial charge is 0.161 e. The van der Waals surface area contributed by atoms with Gasteiger partial charge in [0.15, 0.2) is 11.5 Å². The molecule has 1 saturated carbocycles. The summed E-state index contributed by atoms with van der Waals surface area (Å²) in [5.74, 6) is 1.39. The zero-order chi connectivity index (χ0) is 11.1. The molecule has 2 rings (SSSR count). The largest absolute Gasteiger partial charge is 0.493 e. The second-order valence-electron chi connectivity index (χ2n) is 4.05. The van der Waals surface area contributed by atoms with Crippen LogP contribution in [0.5, 0.6) is 11.5 Å². The summed E-state index contributed by atoms with van der Waals surface area (Å²) in [4.78, 5) is 0. The van der Waals surface area contributed by atoms with Crippen molar-refractivity contribution in [3.05, 3.63) is 23.3 Å². The third-order valence-electron chi connectivity index (χ3n) is 2.96. The maximum Gasteiger partial charge on any atom is 0.161 e. The number of aryl methyl sites for hydroxylation is 1. The Hall–Kier alpha value is -1.22. The first-order valence-electron chi connectivity index (χ1n) is 5.06. The molecular weight excluding hydrogens is 192 g/mol. The van der Waals surface area contributed by atoms with Gasteiger partial charge in [0.2, 0.25) is 0 Å². The molecule has 0 aliphatic heterocycles. The van der Waals surface area contributed by atoms with Gasteiger partial charge in [-0.3, -0.25) is 0 Å². The van der Waals surface area contributed by atoms with E-state index in [2.05, 4.69) is 0 Å². The molecule has 3 nitrogen and oxygen atoms in total. The number of hydrogen-bond acceptors (Lipinski definition) is 3. The summed E-state index contributed by atoms with van der Waals surface area (Å²) in [6.07, 6.45) is 1.67. The fourth-order valence-electron chi connectivity index (χ4n) is 1.87. The zero-order valence-electron chi connectivity index (χ0n) is 9.33. The minimum Gasteiger partial charge on any atom is -0.493 e. The van der Waals surface area contributed by atoms with Gasteiger partial charge in [-0.1, -0.05) is 0 Å². The van der Waals surface area contributed by atoms with Crippen molar-refractivity contribution in [3.8, 4) is 11.5 Å². The number of benzene rings is 1. The van der Waals surface area contributed by atoms with Gasteiger partial charge in [0.25, 0.3) is 0 Å². The molecule has 1 aromatic rings. The molecule has 15 heavy (non-hydrogen) atoms. The molecule has 0 spiro atoms. The molecule has 82 valence electrons. The molecule has 0 radical (unpaired) electrons. The SMILES string of the molecule is COc1cc(C)c(C2(O)CC2)cc1OC. The number of hydrogen-bond donors (Lipinski definition) is 1. The Balaban J connectivity index is 2.48. The Morgan fingerprint density at radius 3 is 2.13 bits per heavy atom. The van der Waals surface area contributed by atoms with Crippen LogP contribution in [0, 0.1) is 6.92 Å². The molecule has 0 unspecified atom stereocenters. The van der Waals surface area contributed by atoms with E-state index in [1.54, 1.807) is 14.2 Å². The van der Waals surface area contributed by atoms with Crippen LogP contribution in [0.2, 0.25) is 0 Å². The molecule has 1 aliphatic carbocycles. The summed E-state index contributed by atoms with van der Waals surface area (Å²) in [6, 6.07) is 3.78. The highest BCUT2D eigenvalue weighted by molar-refractivity contribution is 5.50. The Morgan fingerprint density at radius 2 is 1.67 bits per heavy atom. The lowest BCUT2D eigenvalue weighted by Gasteiger charge is -2.16. The lowest BCUT2D eigenvalue weighted by Crippen LogP contribution is -2.07. The third-order valence-corrected chi connectivity index (χ3v) is 2.96. The van der Waals surface area contributed by atoms with Crippen LogP contribution in [0.25, 0.3) is 0 Å². The van der Waals surface area contributed by atoms with Gasteiger partial charge in [0.05, 0.1) is 19.8 Å². The van der Waals surface area contributed by atoms with Crippen molar-refractivity contribution in [1.82, 2.24) is 0 Å². The Labute approximate surface area is 89.6 Å². The van der Waals surface area contributed by atoms with Crippen LogP contribution in [0.3, 0.4) is 0 Å². The first kappa shape index (κ1) is 10.3. The Morgan fingerprint density at radius 1 is 1.13 bits per heavy atom. The number of aliphatic hydroxyl groups is 1. The van der Waals surface area contributed by atoms with E-state index >= 15 is 0 Å². The monoisotopic (exact) mass is 208 g/mol. The van der Waals surface area contributed by atoms with Crippen molar-refractivity contribution in [2.45, 2.75) is 25.4 Å². The van der Waals surface area contributed by atoms with E-state index in [-0.39, 0.29) is 0 Å². The Bertz CT molecular complexity index is 381. The van der Waals surface area contributed by atoms with Crippen LogP contribution >= 0.6 is 0 Å². The normalized spacial score (nSPS) is 17.3. The molecule has 1 aromatic carbocycles. The average molecular weight is 208 g/mol. The van der Waals surface area contributed by atoms with E-state index in [4.69, 9.17) is 9.47 Å². The van der Waals surface area contributed by atoms with Crippen molar-refractivity contribution in [2.24, 2.45) is 0 Å². The van der Waals surface area contributed by atoms with Crippen LogP contribution < -0.4 is 9.47 Å². The van der Waals surface area contributed by atoms with Gasteiger partial charge in [0.1, 0.15) is 0 Å². The van der Waals surface area contributed by atoms with Gasteiger partial charge in [-0.2, -0.15) is 0 Å². The summed E-state index contributed by atoms with van der Waals surface area (Å²) in [5.41, 5.74) is 1.39. The van der Waals surface area contributed by atoms with Crippen LogP contribution in [0.15, 0.2) is 12.1 Å². The highest BCUT2D eigenvalue weighted by Crippen LogP contribution is 2.48. The van der Waals surface area contributed by atoms with E-state index in [9.17, 15) is 5.11 Å². The van der Waals surface area contributed by atoms with Crippen LogP contribution in [-0.2, 0) is 5.60 Å². The van der Waals surface area contributed by atoms with Crippen molar-refractivity contribution < 1.29 is 14.6 Å². The van der Waals surface area contributed by atoms with Crippen molar-refractivity contribution in [2.75, 3.05) is 14.2 Å². The summed E-state index contributed by atoms with van der Waals surface area (Å²) in [6.45, 7) is 1.98. The van der Waals surface area contributed by atoms with Gasteiger partial charge in [0, 0.05) is 0 Å². The fraction of sp³-hybridized carbons (Fsp3) is 0.500. The summed E-state index contributed by atoms with van der Waals surface area (Å²) >= 11 is 0. The van der Waals surface area contributed by atoms with E-state index < -0.39 is 5.60 Å². The van der Waals surface area contributed by atoms with Crippen LogP contribution in [0.1, 0.15) is 24.0 Å². The summed E-state index contributed by atoms with van der Waals surface area (Å²) in [5, 5.41) is 10.1. The van der Waals surface area contributed by atoms with Gasteiger partial charge in [-0.05, 0) is 43.0 Å². The second-order valence-corrected chi connectivity index (χ2v) is 4.05. The maximum atomic E-state index is 10.1. The number of rotatable bonds is 3. The lowest BCUT2D eigenvalue weighted by atomic mass is 10.0. The van der Waals surface area contributed by atoms with Crippen LogP contribution in [-0.4, -0.2) is 19.3 Å². The van der Waals surface area contributed by atoms with E-state index in [1.807, 2.05) is 19.1 Å². The summed E-state index contributed by atoms with van der Waals surface area (Å²) in [7, 11) is 3.22. The minimum absolute atomic E-state index is 0.621. The molecular formula is C12H16O3. The minimum atomic E-state index is -0.621. The molecule has 1 N–H and O–H groups in total.